The zero-order chi connectivity index (χ0) is 60.7. The van der Waals surface area contributed by atoms with Gasteiger partial charge in [0.1, 0.15) is 30.3 Å². The minimum Gasteiger partial charge on any atom is -0.481 e. The van der Waals surface area contributed by atoms with Crippen molar-refractivity contribution in [1.29, 1.82) is 0 Å². The zero-order valence-corrected chi connectivity index (χ0v) is 50.8. The Labute approximate surface area is 479 Å². The molecule has 1 fully saturated rings. The minimum atomic E-state index is -3.57. The van der Waals surface area contributed by atoms with Gasteiger partial charge >= 0.3 is 40.9 Å². The number of amides is 2. The van der Waals surface area contributed by atoms with Crippen molar-refractivity contribution >= 4 is 68.8 Å². The molecule has 0 spiro atoms. The van der Waals surface area contributed by atoms with E-state index in [0.717, 1.165) is 44.3 Å². The van der Waals surface area contributed by atoms with Gasteiger partial charge in [-0.15, -0.1) is 0 Å². The first-order valence-electron chi connectivity index (χ1n) is 28.2. The van der Waals surface area contributed by atoms with Crippen LogP contribution in [-0.4, -0.2) is 105 Å². The third kappa shape index (κ3) is 28.0. The molecule has 24 heteroatoms. The van der Waals surface area contributed by atoms with E-state index in [1.54, 1.807) is 33.2 Å². The molecule has 7 N–H and O–H groups in total. The number of aromatic amines is 2. The number of rotatable bonds is 25. The molecule has 6 aromatic rings. The van der Waals surface area contributed by atoms with Gasteiger partial charge in [-0.3, -0.25) is 23.3 Å². The number of fused-ring (bicyclic) bond motifs is 2. The van der Waals surface area contributed by atoms with E-state index in [1.807, 2.05) is 97.3 Å². The number of carbonyl (C=O) groups excluding carboxylic acids is 3. The molecule has 0 bridgehead atoms. The second kappa shape index (κ2) is 39.4. The highest BCUT2D eigenvalue weighted by Crippen LogP contribution is 2.82. The molecular formula is C57H87N8O13P3. The monoisotopic (exact) mass is 1190 g/mol. The maximum atomic E-state index is 12.3. The second-order valence-corrected chi connectivity index (χ2v) is 25.1. The normalized spacial score (nSPS) is 17.1. The van der Waals surface area contributed by atoms with Crippen LogP contribution in [0.25, 0.3) is 22.1 Å². The van der Waals surface area contributed by atoms with Gasteiger partial charge in [0.2, 0.25) is 0 Å². The number of benzene rings is 2. The number of carboxylic acid groups (broad SMARTS) is 1. The third-order valence-electron chi connectivity index (χ3n) is 11.7. The Kier molecular flexibility index (Phi) is 33.7. The molecule has 448 valence electrons. The first-order chi connectivity index (χ1) is 39.5. The summed E-state index contributed by atoms with van der Waals surface area (Å²) < 4.78 is 68.1. The molecule has 21 nitrogen and oxygen atoms in total. The summed E-state index contributed by atoms with van der Waals surface area (Å²) in [5.41, 5.74) is 11.4. The summed E-state index contributed by atoms with van der Waals surface area (Å²) in [6.45, 7) is 17.3. The van der Waals surface area contributed by atoms with E-state index in [-0.39, 0.29) is 43.9 Å². The summed E-state index contributed by atoms with van der Waals surface area (Å²) in [5, 5.41) is 15.7. The number of Topliss-reactive ketones (excluding diaryl/α,β-unsaturated/α-hetero) is 1. The van der Waals surface area contributed by atoms with Crippen molar-refractivity contribution in [3.05, 3.63) is 132 Å². The Hall–Kier alpha value is -6.01. The molecule has 1 saturated heterocycles. The molecule has 1 aliphatic rings. The number of aromatic nitrogens is 4. The second-order valence-electron chi connectivity index (χ2n) is 18.1. The molecule has 0 unspecified atom stereocenters. The van der Waals surface area contributed by atoms with Gasteiger partial charge in [0.15, 0.2) is 0 Å². The van der Waals surface area contributed by atoms with E-state index < -0.39 is 40.9 Å². The molecule has 5 heterocycles. The molecule has 0 radical (unpaired) electrons. The molecule has 4 aromatic heterocycles. The Balaban J connectivity index is 0.000000368. The van der Waals surface area contributed by atoms with Crippen LogP contribution in [0.1, 0.15) is 124 Å². The highest BCUT2D eigenvalue weighted by atomic mass is 31.3. The smallest absolute Gasteiger partial charge is 0.407 e. The van der Waals surface area contributed by atoms with Crippen molar-refractivity contribution in [2.45, 2.75) is 126 Å². The van der Waals surface area contributed by atoms with Gasteiger partial charge in [-0.25, -0.2) is 32.5 Å². The number of aliphatic carboxylic acids is 1. The summed E-state index contributed by atoms with van der Waals surface area (Å²) >= 11 is 0. The number of carbonyl (C=O) groups is 4. The molecule has 7 rings (SSSR count). The number of nitrogens with two attached hydrogens (primary N) is 1. The Morgan fingerprint density at radius 1 is 0.617 bits per heavy atom. The maximum absolute atomic E-state index is 12.3. The van der Waals surface area contributed by atoms with Crippen LogP contribution in [0.3, 0.4) is 0 Å². The van der Waals surface area contributed by atoms with Crippen molar-refractivity contribution < 1.29 is 61.8 Å². The quantitative estimate of drug-likeness (QED) is 0.0229. The van der Waals surface area contributed by atoms with Crippen molar-refractivity contribution in [3.63, 3.8) is 0 Å². The zero-order valence-electron chi connectivity index (χ0n) is 49.1. The highest BCUT2D eigenvalue weighted by Gasteiger charge is 2.51. The van der Waals surface area contributed by atoms with Crippen LogP contribution < -0.4 is 16.4 Å². The van der Waals surface area contributed by atoms with Crippen LogP contribution in [0.2, 0.25) is 0 Å². The SMILES string of the molecule is CCCP1(=O)OP(=O)(CCC)OP(=O)(CCC)O1.CCN(CC)CC.NCc1ccnc2[nH]ccc12.O=C(CCCNC(=O)OCc1ccccc1)CCc1ccnc2[nH]ccc12.O=C(O)CCCNC(=O)OCc1ccccc1.[2H]C. The molecule has 81 heavy (non-hydrogen) atoms. The number of carboxylic acids is 1. The predicted molar refractivity (Wildman–Crippen MR) is 321 cm³/mol. The molecule has 0 aliphatic carbocycles. The van der Waals surface area contributed by atoms with Gasteiger partial charge in [0.05, 0.1) is 18.5 Å². The van der Waals surface area contributed by atoms with Crippen LogP contribution >= 0.6 is 22.8 Å². The molecule has 0 atom stereocenters. The lowest BCUT2D eigenvalue weighted by Gasteiger charge is -2.33. The Morgan fingerprint density at radius 2 is 1.02 bits per heavy atom. The number of ketones is 1. The van der Waals surface area contributed by atoms with E-state index in [0.29, 0.717) is 71.0 Å². The van der Waals surface area contributed by atoms with E-state index in [2.05, 4.69) is 56.2 Å². The third-order valence-corrected chi connectivity index (χ3v) is 20.7. The lowest BCUT2D eigenvalue weighted by atomic mass is 10.0. The van der Waals surface area contributed by atoms with Crippen molar-refractivity contribution in [3.8, 4) is 0 Å². The maximum Gasteiger partial charge on any atom is 0.407 e. The summed E-state index contributed by atoms with van der Waals surface area (Å²) in [6.07, 6.45) is 10.9. The van der Waals surface area contributed by atoms with E-state index >= 15 is 0 Å². The standard InChI is InChI=1S/C21H23N3O3.C12H15NO4.C9H21O6P3.C8H9N3.C6H15N.CH4/c25-18(9-8-17-10-13-22-20-19(17)11-14-23-20)7-4-12-24-21(26)27-15-16-5-2-1-3-6-16;14-11(15)7-4-8-13-12(16)17-9-10-5-2-1-3-6-10;1-4-7-16(10)13-17(11,8-5-2)15-18(12,14-16)9-6-3;9-5-6-1-3-10-8-7(6)2-4-11-8;1-4-7(5-2)6-3;/h1-3,5-6,10-11,13-14H,4,7-9,12,15H2,(H,22,23)(H,24,26);1-3,5-6H,4,7-9H2,(H,13,16)(H,14,15);4-9H2,1-3H3;1-4H,5,9H2,(H,10,11);4-6H2,1-3H3;1H4/i;;;;;1D. The average molecular weight is 1190 g/mol. The number of ether oxygens (including phenoxy) is 2. The number of hydrogen-bond acceptors (Lipinski definition) is 16. The lowest BCUT2D eigenvalue weighted by Crippen LogP contribution is -2.25. The molecule has 2 aromatic carbocycles. The minimum absolute atomic E-state index is 0.0406. The fourth-order valence-electron chi connectivity index (χ4n) is 7.64. The van der Waals surface area contributed by atoms with Gasteiger partial charge in [0, 0.05) is 75.8 Å². The topological polar surface area (TPSA) is 297 Å². The Bertz CT molecular complexity index is 2810. The number of nitrogens with zero attached hydrogens (tertiary/aromatic N) is 3. The fourth-order valence-corrected chi connectivity index (χ4v) is 17.0. The van der Waals surface area contributed by atoms with Crippen LogP contribution in [0.4, 0.5) is 9.59 Å². The van der Waals surface area contributed by atoms with Gasteiger partial charge in [-0.1, -0.05) is 110 Å². The summed E-state index contributed by atoms with van der Waals surface area (Å²) in [4.78, 5) is 62.0. The summed E-state index contributed by atoms with van der Waals surface area (Å²) in [6, 6.07) is 26.7. The largest absolute Gasteiger partial charge is 0.481 e. The van der Waals surface area contributed by atoms with Crippen molar-refractivity contribution in [2.75, 3.05) is 51.2 Å². The molecule has 0 saturated carbocycles. The van der Waals surface area contributed by atoms with Gasteiger partial charge < -0.3 is 45.8 Å². The van der Waals surface area contributed by atoms with Crippen LogP contribution in [0.5, 0.6) is 0 Å². The van der Waals surface area contributed by atoms with Crippen LogP contribution in [-0.2, 0) is 71.9 Å². The van der Waals surface area contributed by atoms with E-state index in [9.17, 15) is 32.9 Å². The molecule has 2 amide bonds. The number of alkyl carbamates (subject to hydrolysis) is 2. The van der Waals surface area contributed by atoms with Crippen LogP contribution in [0.15, 0.2) is 110 Å². The number of nitrogens with one attached hydrogen (secondary N) is 4. The first-order valence-corrected chi connectivity index (χ1v) is 32.4. The predicted octanol–water partition coefficient (Wildman–Crippen LogP) is 13.4. The number of hydrogen-bond donors (Lipinski definition) is 6. The average Bonchev–Trinajstić information content (AvgIpc) is 4.26. The number of aryl methyl sites for hydroxylation is 1. The van der Waals surface area contributed by atoms with Gasteiger partial charge in [0.25, 0.3) is 0 Å². The lowest BCUT2D eigenvalue weighted by molar-refractivity contribution is -0.137. The molecule has 1 aliphatic heterocycles. The Morgan fingerprint density at radius 3 is 1.41 bits per heavy atom. The van der Waals surface area contributed by atoms with Crippen molar-refractivity contribution in [1.82, 2.24) is 35.5 Å². The number of pyridine rings is 2. The molecular weight excluding hydrogens is 1100 g/mol. The number of H-pyrrole nitrogens is 2. The fraction of sp³-hybridized carbons (Fsp3) is 0.474. The van der Waals surface area contributed by atoms with Crippen LogP contribution in [0, 0.1) is 0 Å². The van der Waals surface area contributed by atoms with E-state index in [4.69, 9.17) is 34.6 Å². The van der Waals surface area contributed by atoms with E-state index in [1.165, 1.54) is 27.0 Å². The highest BCUT2D eigenvalue weighted by molar-refractivity contribution is 7.80. The summed E-state index contributed by atoms with van der Waals surface area (Å²) in [7, 11) is -9.45. The van der Waals surface area contributed by atoms with Gasteiger partial charge in [-0.05, 0) is 105 Å². The first kappa shape index (κ1) is 69.3. The van der Waals surface area contributed by atoms with Gasteiger partial charge in [-0.2, -0.15) is 0 Å². The van der Waals surface area contributed by atoms with Crippen molar-refractivity contribution in [2.24, 2.45) is 5.73 Å². The summed E-state index contributed by atoms with van der Waals surface area (Å²) in [5.74, 6) is -0.681.